The Morgan fingerprint density at radius 2 is 1.24 bits per heavy atom. The molecule has 5 aromatic rings. The number of rotatable bonds is 7. The van der Waals surface area contributed by atoms with Crippen LogP contribution in [-0.4, -0.2) is 30.9 Å². The van der Waals surface area contributed by atoms with Gasteiger partial charge in [0.25, 0.3) is 11.8 Å². The van der Waals surface area contributed by atoms with Crippen LogP contribution in [-0.2, 0) is 16.2 Å². The Balaban J connectivity index is 1.16. The molecule has 1 N–H and O–H groups in total. The summed E-state index contributed by atoms with van der Waals surface area (Å²) in [6, 6.07) is 41.1. The van der Waals surface area contributed by atoms with Crippen LogP contribution in [0.4, 0.5) is 16.2 Å². The Bertz CT molecular complexity index is 1990. The number of ether oxygens (including phenoxy) is 1. The molecular formula is C42H35N3O4. The molecule has 0 aromatic heterocycles. The lowest BCUT2D eigenvalue weighted by Crippen LogP contribution is -2.54. The number of barbiturate groups is 1. The first-order chi connectivity index (χ1) is 24.0. The third kappa shape index (κ3) is 5.89. The van der Waals surface area contributed by atoms with E-state index in [0.717, 1.165) is 47.5 Å². The average Bonchev–Trinajstić information content (AvgIpc) is 3.14. The fraction of sp³-hybridized carbons (Fsp3) is 0.167. The van der Waals surface area contributed by atoms with E-state index in [0.29, 0.717) is 23.6 Å². The molecule has 1 fully saturated rings. The number of hydrogen-bond donors (Lipinski definition) is 1. The van der Waals surface area contributed by atoms with Crippen molar-refractivity contribution < 1.29 is 19.1 Å². The highest BCUT2D eigenvalue weighted by Crippen LogP contribution is 2.50. The van der Waals surface area contributed by atoms with E-state index in [-0.39, 0.29) is 17.4 Å². The fourth-order valence-corrected chi connectivity index (χ4v) is 7.43. The summed E-state index contributed by atoms with van der Waals surface area (Å²) in [5, 5.41) is 2.43. The highest BCUT2D eigenvalue weighted by atomic mass is 16.5. The molecule has 1 saturated heterocycles. The van der Waals surface area contributed by atoms with E-state index in [2.05, 4.69) is 58.7 Å². The molecule has 5 aromatic carbocycles. The molecule has 3 aliphatic rings. The van der Waals surface area contributed by atoms with Gasteiger partial charge >= 0.3 is 6.03 Å². The molecule has 0 bridgehead atoms. The van der Waals surface area contributed by atoms with Crippen molar-refractivity contribution in [1.82, 2.24) is 5.32 Å². The SMILES string of the molecule is O=C1NC(=O)N(c2cc3c4c(c2)[C@H](c2ccccc2)CCN4CC[C@@H]3c2ccccc2)C(=O)/C1=C/c1ccc(OCc2ccccc2)cc1. The van der Waals surface area contributed by atoms with Gasteiger partial charge in [-0.3, -0.25) is 14.9 Å². The Morgan fingerprint density at radius 1 is 0.694 bits per heavy atom. The lowest BCUT2D eigenvalue weighted by molar-refractivity contribution is -0.122. The third-order valence-electron chi connectivity index (χ3n) is 9.80. The van der Waals surface area contributed by atoms with Crippen LogP contribution in [0.5, 0.6) is 5.75 Å². The maximum absolute atomic E-state index is 14.2. The van der Waals surface area contributed by atoms with Gasteiger partial charge in [-0.05, 0) is 76.6 Å². The number of urea groups is 1. The van der Waals surface area contributed by atoms with Gasteiger partial charge in [-0.1, -0.05) is 103 Å². The Labute approximate surface area is 285 Å². The van der Waals surface area contributed by atoms with Crippen LogP contribution >= 0.6 is 0 Å². The van der Waals surface area contributed by atoms with Crippen molar-refractivity contribution in [3.63, 3.8) is 0 Å². The van der Waals surface area contributed by atoms with Gasteiger partial charge in [0, 0.05) is 30.6 Å². The minimum Gasteiger partial charge on any atom is -0.489 e. The van der Waals surface area contributed by atoms with Gasteiger partial charge in [0.1, 0.15) is 17.9 Å². The van der Waals surface area contributed by atoms with E-state index >= 15 is 0 Å². The normalized spacial score (nSPS) is 19.4. The van der Waals surface area contributed by atoms with Gasteiger partial charge < -0.3 is 9.64 Å². The van der Waals surface area contributed by atoms with Crippen LogP contribution in [0.2, 0.25) is 0 Å². The highest BCUT2D eigenvalue weighted by molar-refractivity contribution is 6.39. The summed E-state index contributed by atoms with van der Waals surface area (Å²) in [6.07, 6.45) is 3.37. The molecule has 2 atom stereocenters. The summed E-state index contributed by atoms with van der Waals surface area (Å²) in [6.45, 7) is 2.29. The first kappa shape index (κ1) is 30.4. The lowest BCUT2D eigenvalue weighted by atomic mass is 9.76. The highest BCUT2D eigenvalue weighted by Gasteiger charge is 2.40. The molecule has 3 heterocycles. The van der Waals surface area contributed by atoms with Crippen molar-refractivity contribution in [3.8, 4) is 5.75 Å². The first-order valence-corrected chi connectivity index (χ1v) is 16.7. The summed E-state index contributed by atoms with van der Waals surface area (Å²) in [4.78, 5) is 44.4. The van der Waals surface area contributed by atoms with Crippen molar-refractivity contribution in [2.75, 3.05) is 22.9 Å². The quantitative estimate of drug-likeness (QED) is 0.144. The van der Waals surface area contributed by atoms with Crippen molar-refractivity contribution in [3.05, 3.63) is 166 Å². The van der Waals surface area contributed by atoms with Gasteiger partial charge in [-0.2, -0.15) is 0 Å². The Morgan fingerprint density at radius 3 is 1.82 bits per heavy atom. The third-order valence-corrected chi connectivity index (χ3v) is 9.80. The van der Waals surface area contributed by atoms with Gasteiger partial charge in [-0.25, -0.2) is 9.69 Å². The standard InChI is InChI=1S/C42H35N3O4/c46-40-38(24-28-16-18-33(19-17-28)49-27-29-10-4-1-5-11-29)41(47)45(42(48)43-40)32-25-36-34(30-12-6-2-7-13-30)20-22-44-23-21-35(37(26-32)39(36)44)31-14-8-3-9-15-31/h1-19,24-26,34-35H,20-23,27H2,(H,43,46,48)/b38-24+/t34-,35+. The maximum atomic E-state index is 14.2. The van der Waals surface area contributed by atoms with E-state index in [9.17, 15) is 14.4 Å². The average molecular weight is 646 g/mol. The molecule has 0 saturated carbocycles. The summed E-state index contributed by atoms with van der Waals surface area (Å²) in [5.41, 5.74) is 7.83. The zero-order chi connectivity index (χ0) is 33.3. The van der Waals surface area contributed by atoms with Crippen LogP contribution in [0.1, 0.15) is 58.1 Å². The topological polar surface area (TPSA) is 79.0 Å². The minimum atomic E-state index is -0.750. The fourth-order valence-electron chi connectivity index (χ4n) is 7.43. The van der Waals surface area contributed by atoms with E-state index in [1.807, 2.05) is 54.6 Å². The van der Waals surface area contributed by atoms with E-state index in [1.165, 1.54) is 22.9 Å². The van der Waals surface area contributed by atoms with Crippen molar-refractivity contribution in [2.24, 2.45) is 0 Å². The number of hydrogen-bond acceptors (Lipinski definition) is 5. The molecule has 7 nitrogen and oxygen atoms in total. The predicted octanol–water partition coefficient (Wildman–Crippen LogP) is 7.81. The Kier molecular flexibility index (Phi) is 8.01. The molecular weight excluding hydrogens is 610 g/mol. The maximum Gasteiger partial charge on any atom is 0.335 e. The van der Waals surface area contributed by atoms with Crippen LogP contribution < -0.4 is 19.9 Å². The number of imide groups is 2. The minimum absolute atomic E-state index is 0.0999. The zero-order valence-electron chi connectivity index (χ0n) is 26.9. The van der Waals surface area contributed by atoms with Crippen molar-refractivity contribution in [2.45, 2.75) is 31.3 Å². The van der Waals surface area contributed by atoms with Crippen LogP contribution in [0.15, 0.2) is 133 Å². The van der Waals surface area contributed by atoms with E-state index in [1.54, 1.807) is 24.3 Å². The van der Waals surface area contributed by atoms with Gasteiger partial charge in [0.05, 0.1) is 5.69 Å². The molecule has 8 rings (SSSR count). The van der Waals surface area contributed by atoms with Gasteiger partial charge in [0.15, 0.2) is 0 Å². The summed E-state index contributed by atoms with van der Waals surface area (Å²) in [7, 11) is 0. The van der Waals surface area contributed by atoms with E-state index in [4.69, 9.17) is 4.74 Å². The van der Waals surface area contributed by atoms with Crippen LogP contribution in [0.25, 0.3) is 6.08 Å². The number of nitrogens with one attached hydrogen (secondary N) is 1. The predicted molar refractivity (Wildman–Crippen MR) is 191 cm³/mol. The monoisotopic (exact) mass is 645 g/mol. The van der Waals surface area contributed by atoms with Gasteiger partial charge in [-0.15, -0.1) is 0 Å². The molecule has 7 heteroatoms. The second kappa shape index (κ2) is 12.9. The summed E-state index contributed by atoms with van der Waals surface area (Å²) >= 11 is 0. The molecule has 242 valence electrons. The second-order valence-corrected chi connectivity index (χ2v) is 12.8. The second-order valence-electron chi connectivity index (χ2n) is 12.8. The van der Waals surface area contributed by atoms with E-state index < -0.39 is 17.8 Å². The molecule has 0 unspecified atom stereocenters. The molecule has 49 heavy (non-hydrogen) atoms. The van der Waals surface area contributed by atoms with Crippen molar-refractivity contribution >= 4 is 35.3 Å². The molecule has 0 aliphatic carbocycles. The lowest BCUT2D eigenvalue weighted by Gasteiger charge is -2.44. The number of nitrogens with zero attached hydrogens (tertiary/aromatic N) is 2. The summed E-state index contributed by atoms with van der Waals surface area (Å²) < 4.78 is 5.91. The smallest absolute Gasteiger partial charge is 0.335 e. The number of amides is 4. The van der Waals surface area contributed by atoms with Crippen LogP contribution in [0, 0.1) is 0 Å². The Hall–Kier alpha value is -5.95. The number of carbonyl (C=O) groups excluding carboxylic acids is 3. The zero-order valence-corrected chi connectivity index (χ0v) is 26.9. The molecule has 4 amide bonds. The van der Waals surface area contributed by atoms with Crippen molar-refractivity contribution in [1.29, 1.82) is 0 Å². The number of benzene rings is 5. The largest absolute Gasteiger partial charge is 0.489 e. The van der Waals surface area contributed by atoms with Crippen LogP contribution in [0.3, 0.4) is 0 Å². The molecule has 3 aliphatic heterocycles. The number of carbonyl (C=O) groups is 3. The van der Waals surface area contributed by atoms with Gasteiger partial charge in [0.2, 0.25) is 0 Å². The molecule has 0 radical (unpaired) electrons. The molecule has 0 spiro atoms. The first-order valence-electron chi connectivity index (χ1n) is 16.7. The summed E-state index contributed by atoms with van der Waals surface area (Å²) in [5.74, 6) is -0.502. The number of anilines is 2.